The summed E-state index contributed by atoms with van der Waals surface area (Å²) >= 11 is 3.24. The van der Waals surface area contributed by atoms with Crippen molar-refractivity contribution >= 4 is 33.6 Å². The number of nitrogen functional groups attached to an aromatic ring is 1. The Morgan fingerprint density at radius 1 is 1.35 bits per heavy atom. The molecule has 0 heterocycles. The van der Waals surface area contributed by atoms with Gasteiger partial charge in [0, 0.05) is 15.7 Å². The van der Waals surface area contributed by atoms with Crippen LogP contribution >= 0.6 is 15.9 Å². The van der Waals surface area contributed by atoms with Crippen LogP contribution in [0.25, 0.3) is 0 Å². The van der Waals surface area contributed by atoms with E-state index in [1.807, 2.05) is 0 Å². The van der Waals surface area contributed by atoms with E-state index in [9.17, 15) is 9.59 Å². The van der Waals surface area contributed by atoms with E-state index in [1.54, 1.807) is 18.2 Å². The number of primary amides is 1. The van der Waals surface area contributed by atoms with Gasteiger partial charge in [-0.2, -0.15) is 0 Å². The Morgan fingerprint density at radius 2 is 2.06 bits per heavy atom. The lowest BCUT2D eigenvalue weighted by Crippen LogP contribution is -2.29. The van der Waals surface area contributed by atoms with Crippen molar-refractivity contribution in [1.29, 1.82) is 0 Å². The van der Waals surface area contributed by atoms with Crippen molar-refractivity contribution in [2.45, 2.75) is 0 Å². The molecule has 0 saturated carbocycles. The van der Waals surface area contributed by atoms with Gasteiger partial charge < -0.3 is 21.5 Å². The normalized spacial score (nSPS) is 9.71. The Hall–Kier alpha value is -1.76. The summed E-state index contributed by atoms with van der Waals surface area (Å²) in [5.41, 5.74) is 11.3. The van der Waals surface area contributed by atoms with Gasteiger partial charge in [0.25, 0.3) is 5.91 Å². The van der Waals surface area contributed by atoms with E-state index in [0.29, 0.717) is 11.3 Å². The fourth-order valence-electron chi connectivity index (χ4n) is 1.16. The molecular weight excluding hydrogens is 290 g/mol. The van der Waals surface area contributed by atoms with Gasteiger partial charge in [-0.25, -0.2) is 4.79 Å². The molecule has 5 N–H and O–H groups in total. The summed E-state index contributed by atoms with van der Waals surface area (Å²) < 4.78 is 5.18. The topological polar surface area (TPSA) is 107 Å². The number of halogens is 1. The lowest BCUT2D eigenvalue weighted by atomic mass is 10.2. The van der Waals surface area contributed by atoms with Crippen LogP contribution in [-0.2, 0) is 4.74 Å². The van der Waals surface area contributed by atoms with Crippen LogP contribution in [0.3, 0.4) is 0 Å². The van der Waals surface area contributed by atoms with Gasteiger partial charge in [0.1, 0.15) is 6.61 Å². The fourth-order valence-corrected chi connectivity index (χ4v) is 1.67. The van der Waals surface area contributed by atoms with Crippen LogP contribution in [0, 0.1) is 0 Å². The number of hydrogen-bond donors (Lipinski definition) is 3. The Morgan fingerprint density at radius 3 is 2.65 bits per heavy atom. The molecule has 0 bridgehead atoms. The van der Waals surface area contributed by atoms with Crippen LogP contribution in [0.1, 0.15) is 10.4 Å². The van der Waals surface area contributed by atoms with Gasteiger partial charge in [0.05, 0.1) is 6.54 Å². The van der Waals surface area contributed by atoms with Crippen LogP contribution in [0.5, 0.6) is 0 Å². The molecule has 0 aliphatic carbocycles. The SMILES string of the molecule is NC(=O)OCCNC(=O)c1cc(N)cc(Br)c1. The van der Waals surface area contributed by atoms with Gasteiger partial charge in [-0.1, -0.05) is 15.9 Å². The second-order valence-electron chi connectivity index (χ2n) is 3.20. The maximum absolute atomic E-state index is 11.6. The summed E-state index contributed by atoms with van der Waals surface area (Å²) in [5, 5.41) is 2.56. The van der Waals surface area contributed by atoms with Crippen LogP contribution in [0.4, 0.5) is 10.5 Å². The van der Waals surface area contributed by atoms with Crippen LogP contribution in [-0.4, -0.2) is 25.2 Å². The van der Waals surface area contributed by atoms with Gasteiger partial charge >= 0.3 is 6.09 Å². The third-order valence-electron chi connectivity index (χ3n) is 1.81. The predicted molar refractivity (Wildman–Crippen MR) is 66.4 cm³/mol. The Labute approximate surface area is 106 Å². The van der Waals surface area contributed by atoms with E-state index in [0.717, 1.165) is 4.47 Å². The average molecular weight is 302 g/mol. The van der Waals surface area contributed by atoms with E-state index >= 15 is 0 Å². The molecule has 1 rings (SSSR count). The maximum atomic E-state index is 11.6. The molecule has 6 nitrogen and oxygen atoms in total. The molecule has 92 valence electrons. The molecule has 2 amide bonds. The predicted octanol–water partition coefficient (Wildman–Crippen LogP) is 0.856. The first-order valence-corrected chi connectivity index (χ1v) is 5.55. The first-order valence-electron chi connectivity index (χ1n) is 4.75. The minimum atomic E-state index is -0.869. The minimum absolute atomic E-state index is 0.0323. The molecule has 0 unspecified atom stereocenters. The van der Waals surface area contributed by atoms with Crippen LogP contribution in [0.15, 0.2) is 22.7 Å². The Balaban J connectivity index is 2.49. The maximum Gasteiger partial charge on any atom is 0.404 e. The minimum Gasteiger partial charge on any atom is -0.448 e. The number of carbonyl (C=O) groups is 2. The number of hydrogen-bond acceptors (Lipinski definition) is 4. The second kappa shape index (κ2) is 6.09. The summed E-state index contributed by atoms with van der Waals surface area (Å²) in [7, 11) is 0. The first kappa shape index (κ1) is 13.3. The highest BCUT2D eigenvalue weighted by molar-refractivity contribution is 9.10. The van der Waals surface area contributed by atoms with Gasteiger partial charge in [0.2, 0.25) is 0 Å². The summed E-state index contributed by atoms with van der Waals surface area (Å²) in [6.07, 6.45) is -0.869. The summed E-state index contributed by atoms with van der Waals surface area (Å²) in [4.78, 5) is 21.9. The van der Waals surface area contributed by atoms with Crippen LogP contribution < -0.4 is 16.8 Å². The number of nitrogens with two attached hydrogens (primary N) is 2. The highest BCUT2D eigenvalue weighted by atomic mass is 79.9. The fraction of sp³-hybridized carbons (Fsp3) is 0.200. The number of anilines is 1. The molecule has 0 aliphatic heterocycles. The van der Waals surface area contributed by atoms with E-state index in [1.165, 1.54) is 0 Å². The molecule has 17 heavy (non-hydrogen) atoms. The van der Waals surface area contributed by atoms with Gasteiger partial charge in [-0.3, -0.25) is 4.79 Å². The van der Waals surface area contributed by atoms with Crippen LogP contribution in [0.2, 0.25) is 0 Å². The van der Waals surface area contributed by atoms with Crippen molar-refractivity contribution in [2.75, 3.05) is 18.9 Å². The quantitative estimate of drug-likeness (QED) is 0.566. The monoisotopic (exact) mass is 301 g/mol. The smallest absolute Gasteiger partial charge is 0.404 e. The van der Waals surface area contributed by atoms with E-state index < -0.39 is 6.09 Å². The Bertz CT molecular complexity index is 417. The first-order chi connectivity index (χ1) is 7.99. The van der Waals surface area contributed by atoms with Crippen molar-refractivity contribution < 1.29 is 14.3 Å². The van der Waals surface area contributed by atoms with E-state index in [-0.39, 0.29) is 19.1 Å². The van der Waals surface area contributed by atoms with Crippen molar-refractivity contribution in [3.05, 3.63) is 28.2 Å². The molecule has 0 aromatic heterocycles. The standard InChI is InChI=1S/C10H12BrN3O3/c11-7-3-6(4-8(12)5-7)9(15)14-1-2-17-10(13)16/h3-5H,1-2,12H2,(H2,13,16)(H,14,15). The van der Waals surface area contributed by atoms with E-state index in [4.69, 9.17) is 11.5 Å². The molecule has 0 spiro atoms. The van der Waals surface area contributed by atoms with Gasteiger partial charge in [-0.15, -0.1) is 0 Å². The summed E-state index contributed by atoms with van der Waals surface area (Å²) in [6.45, 7) is 0.221. The largest absolute Gasteiger partial charge is 0.448 e. The number of amides is 2. The highest BCUT2D eigenvalue weighted by Gasteiger charge is 2.06. The molecule has 1 aromatic carbocycles. The number of benzene rings is 1. The average Bonchev–Trinajstić information content (AvgIpc) is 2.22. The molecule has 7 heteroatoms. The zero-order valence-electron chi connectivity index (χ0n) is 8.90. The number of ether oxygens (including phenoxy) is 1. The zero-order valence-corrected chi connectivity index (χ0v) is 10.5. The molecule has 0 fully saturated rings. The van der Waals surface area contributed by atoms with Crippen molar-refractivity contribution in [3.63, 3.8) is 0 Å². The number of rotatable bonds is 4. The third kappa shape index (κ3) is 4.73. The van der Waals surface area contributed by atoms with Crippen molar-refractivity contribution in [1.82, 2.24) is 5.32 Å². The Kier molecular flexibility index (Phi) is 4.77. The molecule has 0 atom stereocenters. The van der Waals surface area contributed by atoms with E-state index in [2.05, 4.69) is 26.0 Å². The molecule has 0 radical (unpaired) electrons. The molecule has 0 saturated heterocycles. The second-order valence-corrected chi connectivity index (χ2v) is 4.11. The lowest BCUT2D eigenvalue weighted by molar-refractivity contribution is 0.0937. The third-order valence-corrected chi connectivity index (χ3v) is 2.27. The summed E-state index contributed by atoms with van der Waals surface area (Å²) in [6, 6.07) is 4.88. The number of nitrogens with one attached hydrogen (secondary N) is 1. The lowest BCUT2D eigenvalue weighted by Gasteiger charge is -2.06. The van der Waals surface area contributed by atoms with Gasteiger partial charge in [0.15, 0.2) is 0 Å². The highest BCUT2D eigenvalue weighted by Crippen LogP contribution is 2.17. The summed E-state index contributed by atoms with van der Waals surface area (Å²) in [5.74, 6) is -0.300. The van der Waals surface area contributed by atoms with Crippen molar-refractivity contribution in [2.24, 2.45) is 5.73 Å². The number of carbonyl (C=O) groups excluding carboxylic acids is 2. The molecule has 0 aliphatic rings. The van der Waals surface area contributed by atoms with Crippen molar-refractivity contribution in [3.8, 4) is 0 Å². The van der Waals surface area contributed by atoms with Gasteiger partial charge in [-0.05, 0) is 18.2 Å². The zero-order chi connectivity index (χ0) is 12.8. The molecule has 1 aromatic rings. The molecular formula is C10H12BrN3O3.